The van der Waals surface area contributed by atoms with E-state index >= 15 is 0 Å². The van der Waals surface area contributed by atoms with E-state index in [0.717, 1.165) is 11.3 Å². The van der Waals surface area contributed by atoms with E-state index in [1.807, 2.05) is 37.3 Å². The van der Waals surface area contributed by atoms with E-state index < -0.39 is 0 Å². The summed E-state index contributed by atoms with van der Waals surface area (Å²) >= 11 is 0. The minimum atomic E-state index is 0.501. The van der Waals surface area contributed by atoms with Crippen LogP contribution in [-0.4, -0.2) is 24.7 Å². The van der Waals surface area contributed by atoms with E-state index in [1.165, 1.54) is 0 Å². The average Bonchev–Trinajstić information content (AvgIpc) is 3.13. The molecule has 0 saturated carbocycles. The highest BCUT2D eigenvalue weighted by molar-refractivity contribution is 5.60. The lowest BCUT2D eigenvalue weighted by Gasteiger charge is -2.00. The van der Waals surface area contributed by atoms with Crippen LogP contribution in [0.3, 0.4) is 0 Å². The summed E-state index contributed by atoms with van der Waals surface area (Å²) in [5.41, 5.74) is 3.16. The van der Waals surface area contributed by atoms with Gasteiger partial charge in [-0.1, -0.05) is 23.4 Å². The molecule has 0 unspecified atom stereocenters. The number of nitrogens with one attached hydrogen (secondary N) is 1. The predicted octanol–water partition coefficient (Wildman–Crippen LogP) is 2.83. The average molecular weight is 292 g/mol. The number of benzene rings is 1. The molecule has 4 rings (SSSR count). The first-order valence-electron chi connectivity index (χ1n) is 6.76. The van der Waals surface area contributed by atoms with Gasteiger partial charge >= 0.3 is 0 Å². The van der Waals surface area contributed by atoms with Crippen LogP contribution in [0.15, 0.2) is 53.4 Å². The third kappa shape index (κ3) is 2.08. The van der Waals surface area contributed by atoms with Gasteiger partial charge in [-0.15, -0.1) is 5.10 Å². The second-order valence-electron chi connectivity index (χ2n) is 4.81. The number of anilines is 2. The molecule has 0 spiro atoms. The molecule has 0 aliphatic rings. The Morgan fingerprint density at radius 3 is 2.77 bits per heavy atom. The van der Waals surface area contributed by atoms with Gasteiger partial charge in [0.25, 0.3) is 0 Å². The highest BCUT2D eigenvalue weighted by Gasteiger charge is 2.14. The van der Waals surface area contributed by atoms with E-state index in [0.29, 0.717) is 23.1 Å². The number of para-hydroxylation sites is 1. The van der Waals surface area contributed by atoms with Gasteiger partial charge in [0.2, 0.25) is 5.95 Å². The molecule has 0 aliphatic heterocycles. The summed E-state index contributed by atoms with van der Waals surface area (Å²) in [6.07, 6.45) is 3.26. The van der Waals surface area contributed by atoms with Gasteiger partial charge in [-0.2, -0.15) is 9.50 Å². The van der Waals surface area contributed by atoms with Crippen LogP contribution in [0.25, 0.3) is 17.2 Å². The molecule has 0 atom stereocenters. The number of aryl methyl sites for hydroxylation is 1. The molecule has 1 N–H and O–H groups in total. The Bertz CT molecular complexity index is 928. The van der Waals surface area contributed by atoms with Crippen LogP contribution in [0.1, 0.15) is 5.56 Å². The number of aromatic nitrogens is 5. The molecule has 7 heteroatoms. The first-order valence-corrected chi connectivity index (χ1v) is 6.76. The lowest BCUT2D eigenvalue weighted by atomic mass is 10.2. The number of hydrogen-bond donors (Lipinski definition) is 1. The minimum absolute atomic E-state index is 0.501. The van der Waals surface area contributed by atoms with Crippen molar-refractivity contribution in [2.75, 3.05) is 5.32 Å². The molecule has 22 heavy (non-hydrogen) atoms. The van der Waals surface area contributed by atoms with E-state index in [-0.39, 0.29) is 0 Å². The monoisotopic (exact) mass is 292 g/mol. The first kappa shape index (κ1) is 12.5. The highest BCUT2D eigenvalue weighted by atomic mass is 16.5. The normalized spacial score (nSPS) is 11.0. The summed E-state index contributed by atoms with van der Waals surface area (Å²) < 4.78 is 6.63. The van der Waals surface area contributed by atoms with Crippen molar-refractivity contribution in [2.45, 2.75) is 6.92 Å². The standard InChI is InChI=1S/C15H12N6O/c1-10-9-22-20-13(10)14-16-8-7-12-18-15(19-21(12)14)17-11-5-3-2-4-6-11/h2-9H,1H3,(H,17,19). The van der Waals surface area contributed by atoms with Gasteiger partial charge < -0.3 is 9.84 Å². The van der Waals surface area contributed by atoms with Gasteiger partial charge in [-0.05, 0) is 19.1 Å². The number of nitrogens with zero attached hydrogens (tertiary/aromatic N) is 5. The van der Waals surface area contributed by atoms with E-state index in [2.05, 4.69) is 25.5 Å². The third-order valence-electron chi connectivity index (χ3n) is 3.24. The highest BCUT2D eigenvalue weighted by Crippen LogP contribution is 2.21. The molecule has 3 aromatic heterocycles. The van der Waals surface area contributed by atoms with Crippen LogP contribution in [-0.2, 0) is 0 Å². The topological polar surface area (TPSA) is 81.1 Å². The molecule has 0 bridgehead atoms. The maximum absolute atomic E-state index is 4.98. The molecule has 0 saturated heterocycles. The zero-order valence-corrected chi connectivity index (χ0v) is 11.8. The third-order valence-corrected chi connectivity index (χ3v) is 3.24. The quantitative estimate of drug-likeness (QED) is 0.625. The molecular weight excluding hydrogens is 280 g/mol. The van der Waals surface area contributed by atoms with E-state index in [4.69, 9.17) is 4.52 Å². The summed E-state index contributed by atoms with van der Waals surface area (Å²) in [7, 11) is 0. The van der Waals surface area contributed by atoms with Crippen LogP contribution in [0, 0.1) is 6.92 Å². The van der Waals surface area contributed by atoms with Gasteiger partial charge in [0.1, 0.15) is 6.26 Å². The number of hydrogen-bond acceptors (Lipinski definition) is 6. The molecule has 0 amide bonds. The van der Waals surface area contributed by atoms with Crippen molar-refractivity contribution in [3.05, 3.63) is 54.4 Å². The second-order valence-corrected chi connectivity index (χ2v) is 4.81. The van der Waals surface area contributed by atoms with Crippen molar-refractivity contribution in [3.8, 4) is 11.5 Å². The molecule has 0 radical (unpaired) electrons. The maximum atomic E-state index is 4.98. The van der Waals surface area contributed by atoms with Crippen LogP contribution >= 0.6 is 0 Å². The largest absolute Gasteiger partial charge is 0.364 e. The fourth-order valence-electron chi connectivity index (χ4n) is 2.19. The van der Waals surface area contributed by atoms with E-state index in [1.54, 1.807) is 23.0 Å². The van der Waals surface area contributed by atoms with Gasteiger partial charge in [0.05, 0.1) is 0 Å². The Balaban J connectivity index is 1.80. The van der Waals surface area contributed by atoms with E-state index in [9.17, 15) is 0 Å². The molecule has 7 nitrogen and oxygen atoms in total. The molecule has 4 aromatic rings. The Hall–Kier alpha value is -3.22. The molecule has 108 valence electrons. The Morgan fingerprint density at radius 2 is 2.00 bits per heavy atom. The Morgan fingerprint density at radius 1 is 1.14 bits per heavy atom. The summed E-state index contributed by atoms with van der Waals surface area (Å²) in [6, 6.07) is 11.5. The summed E-state index contributed by atoms with van der Waals surface area (Å²) in [5, 5.41) is 11.6. The summed E-state index contributed by atoms with van der Waals surface area (Å²) in [6.45, 7) is 1.91. The lowest BCUT2D eigenvalue weighted by Crippen LogP contribution is -1.99. The van der Waals surface area contributed by atoms with Gasteiger partial charge in [0, 0.05) is 23.5 Å². The van der Waals surface area contributed by atoms with Crippen LogP contribution < -0.4 is 5.32 Å². The smallest absolute Gasteiger partial charge is 0.247 e. The second kappa shape index (κ2) is 4.96. The zero-order chi connectivity index (χ0) is 14.9. The predicted molar refractivity (Wildman–Crippen MR) is 80.7 cm³/mol. The fourth-order valence-corrected chi connectivity index (χ4v) is 2.19. The van der Waals surface area contributed by atoms with Crippen LogP contribution in [0.2, 0.25) is 0 Å². The van der Waals surface area contributed by atoms with Crippen molar-refractivity contribution >= 4 is 17.3 Å². The molecular formula is C15H12N6O. The lowest BCUT2D eigenvalue weighted by molar-refractivity contribution is 0.421. The fraction of sp³-hybridized carbons (Fsp3) is 0.0667. The minimum Gasteiger partial charge on any atom is -0.364 e. The van der Waals surface area contributed by atoms with Crippen LogP contribution in [0.4, 0.5) is 11.6 Å². The van der Waals surface area contributed by atoms with Crippen molar-refractivity contribution in [2.24, 2.45) is 0 Å². The molecule has 0 fully saturated rings. The van der Waals surface area contributed by atoms with Crippen molar-refractivity contribution in [3.63, 3.8) is 0 Å². The number of fused-ring (bicyclic) bond motifs is 1. The first-order chi connectivity index (χ1) is 10.8. The Labute approximate surface area is 125 Å². The molecule has 1 aromatic carbocycles. The Kier molecular flexibility index (Phi) is 2.82. The molecule has 3 heterocycles. The van der Waals surface area contributed by atoms with Crippen molar-refractivity contribution < 1.29 is 4.52 Å². The van der Waals surface area contributed by atoms with Gasteiger partial charge in [-0.25, -0.2) is 4.98 Å². The molecule has 0 aliphatic carbocycles. The van der Waals surface area contributed by atoms with Crippen molar-refractivity contribution in [1.29, 1.82) is 0 Å². The zero-order valence-electron chi connectivity index (χ0n) is 11.8. The van der Waals surface area contributed by atoms with Gasteiger partial charge in [-0.3, -0.25) is 0 Å². The van der Waals surface area contributed by atoms with Gasteiger partial charge in [0.15, 0.2) is 17.2 Å². The van der Waals surface area contributed by atoms with Crippen molar-refractivity contribution in [1.82, 2.24) is 24.7 Å². The SMILES string of the molecule is Cc1conc1-c1nccc2nc(Nc3ccccc3)nn12. The summed E-state index contributed by atoms with van der Waals surface area (Å²) in [5.74, 6) is 1.10. The maximum Gasteiger partial charge on any atom is 0.247 e. The van der Waals surface area contributed by atoms with Crippen LogP contribution in [0.5, 0.6) is 0 Å². The summed E-state index contributed by atoms with van der Waals surface area (Å²) in [4.78, 5) is 8.79. The number of rotatable bonds is 3.